The van der Waals surface area contributed by atoms with E-state index in [2.05, 4.69) is 18.4 Å². The summed E-state index contributed by atoms with van der Waals surface area (Å²) in [5, 5.41) is 0. The predicted octanol–water partition coefficient (Wildman–Crippen LogP) is 0.956. The van der Waals surface area contributed by atoms with Crippen molar-refractivity contribution >= 4 is 12.3 Å². The molecule has 4 nitrogen and oxygen atoms in total. The van der Waals surface area contributed by atoms with Crippen molar-refractivity contribution < 1.29 is 9.59 Å². The molecule has 4 N–H and O–H groups in total. The summed E-state index contributed by atoms with van der Waals surface area (Å²) in [7, 11) is 0. The molecule has 0 aromatic rings. The molecule has 4 heteroatoms. The van der Waals surface area contributed by atoms with Crippen LogP contribution in [0.3, 0.4) is 0 Å². The number of aldehydes is 1. The Kier molecular flexibility index (Phi) is 13.7. The molecular formula is C8H16N2O2. The Bertz CT molecular complexity index is 140. The third kappa shape index (κ3) is 37.8. The molecule has 0 spiro atoms. The van der Waals surface area contributed by atoms with Gasteiger partial charge in [0.25, 0.3) is 0 Å². The second-order valence-electron chi connectivity index (χ2n) is 2.11. The Morgan fingerprint density at radius 3 is 2.25 bits per heavy atom. The highest BCUT2D eigenvalue weighted by atomic mass is 16.2. The third-order valence-electron chi connectivity index (χ3n) is 0.939. The zero-order valence-corrected chi connectivity index (χ0v) is 7.32. The molecular weight excluding hydrogens is 156 g/mol. The largest absolute Gasteiger partial charge is 0.352 e. The number of urea groups is 1. The summed E-state index contributed by atoms with van der Waals surface area (Å²) in [5.74, 6) is 0. The minimum Gasteiger partial charge on any atom is -0.352 e. The molecule has 0 heterocycles. The molecule has 0 saturated carbocycles. The Morgan fingerprint density at radius 1 is 1.42 bits per heavy atom. The Balaban J connectivity index is 0. The van der Waals surface area contributed by atoms with Crippen molar-refractivity contribution in [3.63, 3.8) is 0 Å². The van der Waals surface area contributed by atoms with Crippen molar-refractivity contribution in [3.8, 4) is 0 Å². The van der Waals surface area contributed by atoms with Crippen LogP contribution >= 0.6 is 0 Å². The summed E-state index contributed by atoms with van der Waals surface area (Å²) < 4.78 is 0. The monoisotopic (exact) mass is 172 g/mol. The summed E-state index contributed by atoms with van der Waals surface area (Å²) in [6.45, 7) is 2.13. The predicted molar refractivity (Wildman–Crippen MR) is 48.5 cm³/mol. The van der Waals surface area contributed by atoms with Crippen LogP contribution in [0.15, 0.2) is 12.2 Å². The van der Waals surface area contributed by atoms with E-state index < -0.39 is 6.03 Å². The Labute approximate surface area is 72.6 Å². The highest BCUT2D eigenvalue weighted by Gasteiger charge is 1.74. The first kappa shape index (κ1) is 13.3. The minimum absolute atomic E-state index is 0.815. The van der Waals surface area contributed by atoms with E-state index in [-0.39, 0.29) is 0 Å². The molecule has 0 unspecified atom stereocenters. The smallest absolute Gasteiger partial charge is 0.309 e. The normalized spacial score (nSPS) is 8.75. The molecule has 0 aliphatic carbocycles. The lowest BCUT2D eigenvalue weighted by atomic mass is 10.2. The van der Waals surface area contributed by atoms with Gasteiger partial charge >= 0.3 is 6.03 Å². The summed E-state index contributed by atoms with van der Waals surface area (Å²) in [6, 6.07) is -0.833. The molecule has 0 atom stereocenters. The first-order valence-corrected chi connectivity index (χ1v) is 3.80. The fourth-order valence-electron chi connectivity index (χ4n) is 0.474. The topological polar surface area (TPSA) is 86.2 Å². The van der Waals surface area contributed by atoms with Crippen molar-refractivity contribution in [3.05, 3.63) is 12.2 Å². The van der Waals surface area contributed by atoms with Gasteiger partial charge in [-0.1, -0.05) is 25.8 Å². The highest BCUT2D eigenvalue weighted by Crippen LogP contribution is 1.93. The molecule has 0 rings (SSSR count). The van der Waals surface area contributed by atoms with Gasteiger partial charge in [0.15, 0.2) is 0 Å². The van der Waals surface area contributed by atoms with Gasteiger partial charge < -0.3 is 11.5 Å². The van der Waals surface area contributed by atoms with Crippen molar-refractivity contribution in [2.24, 2.45) is 11.5 Å². The van der Waals surface area contributed by atoms with E-state index in [1.54, 1.807) is 6.08 Å². The lowest BCUT2D eigenvalue weighted by molar-refractivity contribution is -0.104. The number of hydrogen-bond acceptors (Lipinski definition) is 2. The van der Waals surface area contributed by atoms with E-state index in [9.17, 15) is 4.79 Å². The fraction of sp³-hybridized carbons (Fsp3) is 0.500. The third-order valence-corrected chi connectivity index (χ3v) is 0.939. The van der Waals surface area contributed by atoms with E-state index in [1.165, 1.54) is 12.8 Å². The standard InChI is InChI=1S/C7H12O.CH4N2O/c1-2-3-4-5-6-7-8;2-1(3)4/h5-7H,2-4H2,1H3;(H4,2,3,4)/b6-5+;. The molecule has 0 aromatic carbocycles. The van der Waals surface area contributed by atoms with E-state index in [0.717, 1.165) is 12.7 Å². The van der Waals surface area contributed by atoms with Gasteiger partial charge in [0, 0.05) is 0 Å². The minimum atomic E-state index is -0.833. The molecule has 0 aliphatic heterocycles. The average molecular weight is 172 g/mol. The second kappa shape index (κ2) is 12.4. The average Bonchev–Trinajstić information content (AvgIpc) is 1.97. The maximum Gasteiger partial charge on any atom is 0.309 e. The molecule has 0 saturated heterocycles. The molecule has 0 fully saturated rings. The van der Waals surface area contributed by atoms with Gasteiger partial charge in [-0.15, -0.1) is 0 Å². The zero-order valence-electron chi connectivity index (χ0n) is 7.32. The maximum atomic E-state index is 9.68. The van der Waals surface area contributed by atoms with Crippen LogP contribution in [-0.4, -0.2) is 12.3 Å². The van der Waals surface area contributed by atoms with E-state index in [4.69, 9.17) is 4.79 Å². The number of hydrogen-bond donors (Lipinski definition) is 2. The van der Waals surface area contributed by atoms with Gasteiger partial charge in [0.1, 0.15) is 6.29 Å². The van der Waals surface area contributed by atoms with Crippen LogP contribution in [0, 0.1) is 0 Å². The second-order valence-corrected chi connectivity index (χ2v) is 2.11. The number of primary amides is 2. The van der Waals surface area contributed by atoms with E-state index in [0.29, 0.717) is 0 Å². The molecule has 70 valence electrons. The van der Waals surface area contributed by atoms with Crippen LogP contribution in [-0.2, 0) is 4.79 Å². The summed E-state index contributed by atoms with van der Waals surface area (Å²) in [5.41, 5.74) is 8.50. The maximum absolute atomic E-state index is 9.68. The van der Waals surface area contributed by atoms with Gasteiger partial charge in [-0.3, -0.25) is 4.79 Å². The van der Waals surface area contributed by atoms with Crippen LogP contribution in [0.4, 0.5) is 4.79 Å². The number of rotatable bonds is 4. The first-order valence-electron chi connectivity index (χ1n) is 3.80. The van der Waals surface area contributed by atoms with Crippen LogP contribution in [0.1, 0.15) is 26.2 Å². The molecule has 0 bridgehead atoms. The van der Waals surface area contributed by atoms with Crippen molar-refractivity contribution in [2.45, 2.75) is 26.2 Å². The number of nitrogens with two attached hydrogens (primary N) is 2. The zero-order chi connectivity index (χ0) is 9.82. The van der Waals surface area contributed by atoms with Crippen molar-refractivity contribution in [1.29, 1.82) is 0 Å². The van der Waals surface area contributed by atoms with Gasteiger partial charge in [-0.05, 0) is 12.5 Å². The van der Waals surface area contributed by atoms with Crippen LogP contribution in [0.2, 0.25) is 0 Å². The Morgan fingerprint density at radius 2 is 1.92 bits per heavy atom. The first-order chi connectivity index (χ1) is 5.65. The van der Waals surface area contributed by atoms with Gasteiger partial charge in [-0.2, -0.15) is 0 Å². The van der Waals surface area contributed by atoms with E-state index in [1.807, 2.05) is 6.08 Å². The van der Waals surface area contributed by atoms with Crippen LogP contribution in [0.25, 0.3) is 0 Å². The van der Waals surface area contributed by atoms with Crippen LogP contribution in [0.5, 0.6) is 0 Å². The fourth-order valence-corrected chi connectivity index (χ4v) is 0.474. The molecule has 12 heavy (non-hydrogen) atoms. The summed E-state index contributed by atoms with van der Waals surface area (Å²) in [4.78, 5) is 18.7. The van der Waals surface area contributed by atoms with Crippen LogP contribution < -0.4 is 11.5 Å². The number of amides is 2. The van der Waals surface area contributed by atoms with Crippen molar-refractivity contribution in [2.75, 3.05) is 0 Å². The molecule has 0 aromatic heterocycles. The van der Waals surface area contributed by atoms with E-state index >= 15 is 0 Å². The van der Waals surface area contributed by atoms with Gasteiger partial charge in [0.2, 0.25) is 0 Å². The number of carbonyl (C=O) groups excluding carboxylic acids is 2. The van der Waals surface area contributed by atoms with Gasteiger partial charge in [-0.25, -0.2) is 4.79 Å². The highest BCUT2D eigenvalue weighted by molar-refractivity contribution is 5.69. The molecule has 0 aliphatic rings. The summed E-state index contributed by atoms with van der Waals surface area (Å²) >= 11 is 0. The quantitative estimate of drug-likeness (QED) is 0.376. The van der Waals surface area contributed by atoms with Gasteiger partial charge in [0.05, 0.1) is 0 Å². The molecule has 0 radical (unpaired) electrons. The SMILES string of the molecule is CCCC/C=C/C=O.NC(N)=O. The number of unbranched alkanes of at least 4 members (excludes halogenated alkanes) is 2. The lowest BCUT2D eigenvalue weighted by Gasteiger charge is -1.83. The summed E-state index contributed by atoms with van der Waals surface area (Å²) in [6.07, 6.45) is 7.69. The number of carbonyl (C=O) groups is 2. The molecule has 2 amide bonds. The van der Waals surface area contributed by atoms with Crippen molar-refractivity contribution in [1.82, 2.24) is 0 Å². The Hall–Kier alpha value is -1.32. The lowest BCUT2D eigenvalue weighted by Crippen LogP contribution is -2.18. The number of allylic oxidation sites excluding steroid dienone is 2.